The Morgan fingerprint density at radius 1 is 1.18 bits per heavy atom. The minimum atomic E-state index is -4.69. The van der Waals surface area contributed by atoms with Crippen LogP contribution in [0.1, 0.15) is 32.9 Å². The van der Waals surface area contributed by atoms with Crippen LogP contribution in [0.3, 0.4) is 0 Å². The second kappa shape index (κ2) is 9.21. The highest BCUT2D eigenvalue weighted by Gasteiger charge is 2.36. The van der Waals surface area contributed by atoms with Crippen LogP contribution < -0.4 is 5.32 Å². The van der Waals surface area contributed by atoms with Crippen molar-refractivity contribution < 1.29 is 30.9 Å². The van der Waals surface area contributed by atoms with Gasteiger partial charge in [0, 0.05) is 41.7 Å². The lowest BCUT2D eigenvalue weighted by Crippen LogP contribution is -2.36. The smallest absolute Gasteiger partial charge is 0.360 e. The number of carbonyl (C=O) groups excluding carboxylic acids is 1. The highest BCUT2D eigenvalue weighted by atomic mass is 35.5. The summed E-state index contributed by atoms with van der Waals surface area (Å²) in [6, 6.07) is 8.29. The van der Waals surface area contributed by atoms with Crippen molar-refractivity contribution in [2.75, 3.05) is 6.54 Å². The van der Waals surface area contributed by atoms with E-state index in [4.69, 9.17) is 27.7 Å². The predicted octanol–water partition coefficient (Wildman–Crippen LogP) is 4.68. The Balaban J connectivity index is 1.54. The van der Waals surface area contributed by atoms with Gasteiger partial charge in [0.2, 0.25) is 10.0 Å². The molecule has 0 saturated heterocycles. The first-order valence-corrected chi connectivity index (χ1v) is 12.0. The van der Waals surface area contributed by atoms with Gasteiger partial charge in [0.15, 0.2) is 5.69 Å². The average Bonchev–Trinajstić information content (AvgIpc) is 3.21. The largest absolute Gasteiger partial charge is 0.416 e. The first kappa shape index (κ1) is 24.5. The molecule has 3 aromatic rings. The number of aromatic nitrogens is 1. The Bertz CT molecular complexity index is 1360. The number of rotatable bonds is 5. The molecule has 1 aliphatic heterocycles. The van der Waals surface area contributed by atoms with Crippen molar-refractivity contribution >= 4 is 39.1 Å². The van der Waals surface area contributed by atoms with E-state index in [-0.39, 0.29) is 37.3 Å². The van der Waals surface area contributed by atoms with Crippen LogP contribution in [0.4, 0.5) is 13.2 Å². The molecule has 0 bridgehead atoms. The number of amides is 1. The second-order valence-electron chi connectivity index (χ2n) is 7.47. The number of sulfonamides is 1. The predicted molar refractivity (Wildman–Crippen MR) is 117 cm³/mol. The zero-order chi connectivity index (χ0) is 24.7. The maximum Gasteiger partial charge on any atom is 0.416 e. The van der Waals surface area contributed by atoms with Gasteiger partial charge in [0.05, 0.1) is 10.5 Å². The van der Waals surface area contributed by atoms with E-state index in [0.29, 0.717) is 27.4 Å². The molecule has 1 aromatic heterocycles. The van der Waals surface area contributed by atoms with Gasteiger partial charge in [-0.25, -0.2) is 8.42 Å². The van der Waals surface area contributed by atoms with Crippen LogP contribution in [0.25, 0.3) is 0 Å². The van der Waals surface area contributed by atoms with Crippen molar-refractivity contribution in [3.05, 3.63) is 80.7 Å². The van der Waals surface area contributed by atoms with Crippen molar-refractivity contribution in [1.29, 1.82) is 0 Å². The van der Waals surface area contributed by atoms with Gasteiger partial charge < -0.3 is 9.84 Å². The number of alkyl halides is 3. The van der Waals surface area contributed by atoms with Crippen LogP contribution in [-0.2, 0) is 35.7 Å². The molecule has 0 spiro atoms. The molecule has 13 heteroatoms. The quantitative estimate of drug-likeness (QED) is 0.514. The van der Waals surface area contributed by atoms with Gasteiger partial charge in [-0.1, -0.05) is 40.5 Å². The summed E-state index contributed by atoms with van der Waals surface area (Å²) in [5.74, 6) is -0.278. The van der Waals surface area contributed by atoms with E-state index in [0.717, 1.165) is 22.5 Å². The van der Waals surface area contributed by atoms with Crippen LogP contribution in [-0.4, -0.2) is 30.3 Å². The van der Waals surface area contributed by atoms with Gasteiger partial charge >= 0.3 is 6.18 Å². The maximum atomic E-state index is 13.0. The third-order valence-corrected chi connectivity index (χ3v) is 7.69. The first-order valence-electron chi connectivity index (χ1n) is 9.84. The minimum Gasteiger partial charge on any atom is -0.360 e. The fourth-order valence-corrected chi connectivity index (χ4v) is 5.40. The van der Waals surface area contributed by atoms with E-state index in [1.807, 2.05) is 0 Å². The average molecular weight is 534 g/mol. The van der Waals surface area contributed by atoms with E-state index < -0.39 is 32.6 Å². The topological polar surface area (TPSA) is 92.5 Å². The number of hydrogen-bond acceptors (Lipinski definition) is 5. The summed E-state index contributed by atoms with van der Waals surface area (Å²) < 4.78 is 71.4. The number of hydrogen-bond donors (Lipinski definition) is 1. The maximum absolute atomic E-state index is 13.0. The molecule has 0 aliphatic carbocycles. The normalized spacial score (nSPS) is 14.6. The monoisotopic (exact) mass is 533 g/mol. The molecule has 0 atom stereocenters. The highest BCUT2D eigenvalue weighted by Crippen LogP contribution is 2.32. The van der Waals surface area contributed by atoms with Crippen LogP contribution in [0.2, 0.25) is 10.0 Å². The van der Waals surface area contributed by atoms with Gasteiger partial charge in [-0.3, -0.25) is 4.79 Å². The summed E-state index contributed by atoms with van der Waals surface area (Å²) in [4.78, 5) is 12.2. The zero-order valence-electron chi connectivity index (χ0n) is 17.2. The van der Waals surface area contributed by atoms with Crippen LogP contribution in [0.5, 0.6) is 0 Å². The first-order chi connectivity index (χ1) is 16.0. The zero-order valence-corrected chi connectivity index (χ0v) is 19.5. The van der Waals surface area contributed by atoms with Gasteiger partial charge in [0.1, 0.15) is 5.76 Å². The molecule has 1 N–H and O–H groups in total. The number of benzene rings is 2. The fourth-order valence-electron chi connectivity index (χ4n) is 3.47. The third kappa shape index (κ3) is 4.92. The Labute approximate surface area is 202 Å². The molecule has 180 valence electrons. The van der Waals surface area contributed by atoms with Crippen molar-refractivity contribution in [1.82, 2.24) is 14.8 Å². The summed E-state index contributed by atoms with van der Waals surface area (Å²) in [6.45, 7) is -0.257. The number of halogens is 5. The van der Waals surface area contributed by atoms with Crippen LogP contribution in [0.15, 0.2) is 51.9 Å². The van der Waals surface area contributed by atoms with Crippen molar-refractivity contribution in [2.24, 2.45) is 0 Å². The van der Waals surface area contributed by atoms with E-state index in [1.54, 1.807) is 12.1 Å². The molecule has 2 heterocycles. The van der Waals surface area contributed by atoms with Gasteiger partial charge in [-0.15, -0.1) is 0 Å². The SMILES string of the molecule is O=C(NCc1ccc(Cl)cc1Cl)c1noc2c1CN(S(=O)(=O)c1cccc(C(F)(F)F)c1)CC2. The molecule has 0 unspecified atom stereocenters. The Kier molecular flexibility index (Phi) is 6.65. The number of nitrogens with zero attached hydrogens (tertiary/aromatic N) is 2. The molecule has 1 aliphatic rings. The fraction of sp³-hybridized carbons (Fsp3) is 0.238. The lowest BCUT2D eigenvalue weighted by atomic mass is 10.1. The van der Waals surface area contributed by atoms with Crippen molar-refractivity contribution in [3.63, 3.8) is 0 Å². The van der Waals surface area contributed by atoms with Crippen molar-refractivity contribution in [2.45, 2.75) is 30.6 Å². The molecule has 4 rings (SSSR count). The summed E-state index contributed by atoms with van der Waals surface area (Å²) >= 11 is 12.0. The molecule has 7 nitrogen and oxygen atoms in total. The molecular weight excluding hydrogens is 518 g/mol. The Hall–Kier alpha value is -2.60. The van der Waals surface area contributed by atoms with Gasteiger partial charge in [-0.05, 0) is 35.9 Å². The van der Waals surface area contributed by atoms with Gasteiger partial charge in [0.25, 0.3) is 5.91 Å². The highest BCUT2D eigenvalue weighted by molar-refractivity contribution is 7.89. The molecule has 0 radical (unpaired) electrons. The number of fused-ring (bicyclic) bond motifs is 1. The Morgan fingerprint density at radius 2 is 1.94 bits per heavy atom. The Morgan fingerprint density at radius 3 is 2.65 bits per heavy atom. The standard InChI is InChI=1S/C21H16Cl2F3N3O4S/c22-14-5-4-12(17(23)9-14)10-27-20(30)19-16-11-29(7-6-18(16)33-28-19)34(31,32)15-3-1-2-13(8-15)21(24,25)26/h1-5,8-9H,6-7,10-11H2,(H,27,30). The lowest BCUT2D eigenvalue weighted by molar-refractivity contribution is -0.137. The van der Waals surface area contributed by atoms with Crippen molar-refractivity contribution in [3.8, 4) is 0 Å². The number of carbonyl (C=O) groups is 1. The van der Waals surface area contributed by atoms with E-state index in [2.05, 4.69) is 10.5 Å². The molecule has 34 heavy (non-hydrogen) atoms. The molecule has 2 aromatic carbocycles. The summed E-state index contributed by atoms with van der Waals surface area (Å²) in [5.41, 5.74) is -0.326. The molecule has 0 fully saturated rings. The van der Waals surface area contributed by atoms with Crippen LogP contribution >= 0.6 is 23.2 Å². The molecular formula is C21H16Cl2F3N3O4S. The van der Waals surface area contributed by atoms with Crippen LogP contribution in [0, 0.1) is 0 Å². The third-order valence-electron chi connectivity index (χ3n) is 5.26. The molecule has 0 saturated carbocycles. The van der Waals surface area contributed by atoms with Gasteiger partial charge in [-0.2, -0.15) is 17.5 Å². The summed E-state index contributed by atoms with van der Waals surface area (Å²) in [5, 5.41) is 7.20. The summed E-state index contributed by atoms with van der Waals surface area (Å²) in [6.07, 6.45) is -4.58. The minimum absolute atomic E-state index is 0.0395. The number of nitrogens with one attached hydrogen (secondary N) is 1. The second-order valence-corrected chi connectivity index (χ2v) is 10.2. The summed E-state index contributed by atoms with van der Waals surface area (Å²) in [7, 11) is -4.27. The van der Waals surface area contributed by atoms with E-state index >= 15 is 0 Å². The van der Waals surface area contributed by atoms with E-state index in [9.17, 15) is 26.4 Å². The lowest BCUT2D eigenvalue weighted by Gasteiger charge is -2.25. The van der Waals surface area contributed by atoms with E-state index in [1.165, 1.54) is 6.07 Å². The molecule has 1 amide bonds.